The normalized spacial score (nSPS) is 11.0. The van der Waals surface area contributed by atoms with Crippen molar-refractivity contribution in [2.45, 2.75) is 19.4 Å². The molecule has 2 aromatic carbocycles. The lowest BCUT2D eigenvalue weighted by atomic mass is 10.1. The van der Waals surface area contributed by atoms with Gasteiger partial charge in [0.2, 0.25) is 5.91 Å². The molecule has 1 atom stereocenters. The summed E-state index contributed by atoms with van der Waals surface area (Å²) in [4.78, 5) is 35.3. The van der Waals surface area contributed by atoms with Gasteiger partial charge in [-0.15, -0.1) is 0 Å². The highest BCUT2D eigenvalue weighted by atomic mass is 35.5. The Morgan fingerprint density at radius 3 is 2.32 bits per heavy atom. The molecule has 7 nitrogen and oxygen atoms in total. The zero-order valence-corrected chi connectivity index (χ0v) is 15.8. The number of carbonyl (C=O) groups is 3. The number of hydrogen-bond acceptors (Lipinski definition) is 5. The van der Waals surface area contributed by atoms with E-state index in [9.17, 15) is 14.4 Å². The van der Waals surface area contributed by atoms with Crippen molar-refractivity contribution in [1.82, 2.24) is 5.32 Å². The number of rotatable bonds is 7. The van der Waals surface area contributed by atoms with E-state index in [-0.39, 0.29) is 18.0 Å². The molecule has 0 heterocycles. The first-order chi connectivity index (χ1) is 13.4. The van der Waals surface area contributed by atoms with Gasteiger partial charge in [-0.3, -0.25) is 9.59 Å². The third-order valence-electron chi connectivity index (χ3n) is 3.73. The average Bonchev–Trinajstić information content (AvgIpc) is 2.67. The predicted molar refractivity (Wildman–Crippen MR) is 104 cm³/mol. The van der Waals surface area contributed by atoms with E-state index in [0.29, 0.717) is 10.7 Å². The number of esters is 1. The van der Waals surface area contributed by atoms with Gasteiger partial charge in [-0.05, 0) is 48.9 Å². The summed E-state index contributed by atoms with van der Waals surface area (Å²) in [5.74, 6) is -1.54. The minimum Gasteiger partial charge on any atom is -0.452 e. The minimum atomic E-state index is -0.663. The molecule has 144 valence electrons. The van der Waals surface area contributed by atoms with Crippen molar-refractivity contribution < 1.29 is 19.1 Å². The second-order valence-electron chi connectivity index (χ2n) is 5.88. The van der Waals surface area contributed by atoms with E-state index < -0.39 is 24.4 Å². The van der Waals surface area contributed by atoms with Gasteiger partial charge < -0.3 is 15.4 Å². The van der Waals surface area contributed by atoms with Gasteiger partial charge in [-0.25, -0.2) is 4.79 Å². The predicted octanol–water partition coefficient (Wildman–Crippen LogP) is 3.23. The van der Waals surface area contributed by atoms with Gasteiger partial charge in [0.25, 0.3) is 5.91 Å². The summed E-state index contributed by atoms with van der Waals surface area (Å²) >= 11 is 5.84. The summed E-state index contributed by atoms with van der Waals surface area (Å²) in [6.07, 6.45) is -0.257. The van der Waals surface area contributed by atoms with Crippen molar-refractivity contribution in [3.05, 3.63) is 64.7 Å². The van der Waals surface area contributed by atoms with Crippen LogP contribution in [-0.4, -0.2) is 24.4 Å². The Hall–Kier alpha value is -3.37. The van der Waals surface area contributed by atoms with E-state index >= 15 is 0 Å². The first-order valence-corrected chi connectivity index (χ1v) is 8.75. The van der Waals surface area contributed by atoms with Crippen LogP contribution in [0.1, 0.15) is 35.3 Å². The summed E-state index contributed by atoms with van der Waals surface area (Å²) in [7, 11) is 0. The van der Waals surface area contributed by atoms with Crippen molar-refractivity contribution in [2.24, 2.45) is 0 Å². The Morgan fingerprint density at radius 1 is 1.07 bits per heavy atom. The first kappa shape index (κ1) is 20.9. The lowest BCUT2D eigenvalue weighted by molar-refractivity contribution is -0.124. The third-order valence-corrected chi connectivity index (χ3v) is 3.98. The van der Waals surface area contributed by atoms with Crippen LogP contribution in [-0.2, 0) is 14.3 Å². The van der Waals surface area contributed by atoms with E-state index in [1.807, 2.05) is 6.92 Å². The van der Waals surface area contributed by atoms with Gasteiger partial charge >= 0.3 is 5.97 Å². The number of nitrogens with zero attached hydrogens (tertiary/aromatic N) is 1. The van der Waals surface area contributed by atoms with Crippen molar-refractivity contribution in [3.8, 4) is 6.07 Å². The van der Waals surface area contributed by atoms with Crippen LogP contribution in [0.5, 0.6) is 0 Å². The zero-order chi connectivity index (χ0) is 20.5. The van der Waals surface area contributed by atoms with E-state index in [2.05, 4.69) is 10.6 Å². The second-order valence-corrected chi connectivity index (χ2v) is 6.31. The van der Waals surface area contributed by atoms with Crippen LogP contribution >= 0.6 is 11.6 Å². The quantitative estimate of drug-likeness (QED) is 0.695. The number of anilines is 1. The molecule has 28 heavy (non-hydrogen) atoms. The highest BCUT2D eigenvalue weighted by molar-refractivity contribution is 6.30. The van der Waals surface area contributed by atoms with Gasteiger partial charge in [0, 0.05) is 10.7 Å². The molecular weight excluding hydrogens is 382 g/mol. The van der Waals surface area contributed by atoms with Crippen LogP contribution in [0.2, 0.25) is 5.02 Å². The van der Waals surface area contributed by atoms with E-state index in [1.165, 1.54) is 24.3 Å². The molecule has 0 bridgehead atoms. The van der Waals surface area contributed by atoms with Gasteiger partial charge in [-0.1, -0.05) is 23.7 Å². The molecule has 2 N–H and O–H groups in total. The molecule has 0 radical (unpaired) electrons. The highest BCUT2D eigenvalue weighted by Crippen LogP contribution is 2.16. The molecule has 0 aromatic heterocycles. The minimum absolute atomic E-state index is 0.233. The molecular formula is C20H18ClN3O4. The summed E-state index contributed by atoms with van der Waals surface area (Å²) in [5.41, 5.74) is 1.56. The van der Waals surface area contributed by atoms with Gasteiger partial charge in [0.05, 0.1) is 17.7 Å². The topological polar surface area (TPSA) is 108 Å². The van der Waals surface area contributed by atoms with Crippen molar-refractivity contribution in [2.75, 3.05) is 11.9 Å². The molecule has 0 saturated heterocycles. The zero-order valence-electron chi connectivity index (χ0n) is 15.1. The Labute approximate surface area is 167 Å². The number of nitrogens with one attached hydrogen (secondary N) is 2. The summed E-state index contributed by atoms with van der Waals surface area (Å²) < 4.78 is 5.00. The Balaban J connectivity index is 1.82. The Bertz CT molecular complexity index is 889. The molecule has 0 saturated carbocycles. The summed E-state index contributed by atoms with van der Waals surface area (Å²) in [6, 6.07) is 14.5. The fraction of sp³-hybridized carbons (Fsp3) is 0.200. The molecule has 0 unspecified atom stereocenters. The van der Waals surface area contributed by atoms with Crippen LogP contribution in [0.25, 0.3) is 0 Å². The third kappa shape index (κ3) is 6.41. The number of nitriles is 1. The molecule has 8 heteroatoms. The van der Waals surface area contributed by atoms with E-state index in [0.717, 1.165) is 5.56 Å². The number of benzene rings is 2. The van der Waals surface area contributed by atoms with Gasteiger partial charge in [-0.2, -0.15) is 5.26 Å². The van der Waals surface area contributed by atoms with Crippen molar-refractivity contribution in [3.63, 3.8) is 0 Å². The highest BCUT2D eigenvalue weighted by Gasteiger charge is 2.13. The van der Waals surface area contributed by atoms with Crippen LogP contribution < -0.4 is 10.6 Å². The molecule has 0 aliphatic rings. The second kappa shape index (κ2) is 10.1. The average molecular weight is 400 g/mol. The molecule has 2 amide bonds. The molecule has 0 aliphatic heterocycles. The fourth-order valence-electron chi connectivity index (χ4n) is 2.30. The van der Waals surface area contributed by atoms with Crippen LogP contribution in [0.15, 0.2) is 48.5 Å². The lowest BCUT2D eigenvalue weighted by Crippen LogP contribution is -2.31. The van der Waals surface area contributed by atoms with Crippen LogP contribution in [0.3, 0.4) is 0 Å². The number of carbonyl (C=O) groups excluding carboxylic acids is 3. The van der Waals surface area contributed by atoms with Crippen molar-refractivity contribution >= 4 is 35.1 Å². The lowest BCUT2D eigenvalue weighted by Gasteiger charge is -2.14. The molecule has 0 fully saturated rings. The first-order valence-electron chi connectivity index (χ1n) is 8.38. The number of halogens is 1. The maximum Gasteiger partial charge on any atom is 0.338 e. The maximum absolute atomic E-state index is 12.0. The Morgan fingerprint density at radius 2 is 1.71 bits per heavy atom. The van der Waals surface area contributed by atoms with Crippen molar-refractivity contribution in [1.29, 1.82) is 5.26 Å². The Kier molecular flexibility index (Phi) is 7.55. The van der Waals surface area contributed by atoms with Gasteiger partial charge in [0.1, 0.15) is 6.42 Å². The van der Waals surface area contributed by atoms with Gasteiger partial charge in [0.15, 0.2) is 6.61 Å². The van der Waals surface area contributed by atoms with E-state index in [4.69, 9.17) is 21.6 Å². The van der Waals surface area contributed by atoms with Crippen LogP contribution in [0.4, 0.5) is 5.69 Å². The van der Waals surface area contributed by atoms with Crippen LogP contribution in [0, 0.1) is 11.3 Å². The SMILES string of the molecule is C[C@H](NC(=O)COC(=O)c1ccc(NC(=O)CC#N)cc1)c1ccc(Cl)cc1. The number of ether oxygens (including phenoxy) is 1. The molecule has 0 spiro atoms. The molecule has 2 rings (SSSR count). The fourth-order valence-corrected chi connectivity index (χ4v) is 2.42. The monoisotopic (exact) mass is 399 g/mol. The molecule has 0 aliphatic carbocycles. The van der Waals surface area contributed by atoms with E-state index in [1.54, 1.807) is 30.3 Å². The number of hydrogen-bond donors (Lipinski definition) is 2. The molecule has 2 aromatic rings. The standard InChI is InChI=1S/C20H18ClN3O4/c1-13(14-2-6-16(21)7-3-14)23-19(26)12-28-20(27)15-4-8-17(9-5-15)24-18(25)10-11-22/h2-9,13H,10,12H2,1H3,(H,23,26)(H,24,25)/t13-/m0/s1. The summed E-state index contributed by atoms with van der Waals surface area (Å²) in [6.45, 7) is 1.39. The number of amides is 2. The maximum atomic E-state index is 12.0. The smallest absolute Gasteiger partial charge is 0.338 e. The largest absolute Gasteiger partial charge is 0.452 e. The summed E-state index contributed by atoms with van der Waals surface area (Å²) in [5, 5.41) is 14.3.